The fraction of sp³-hybridized carbons (Fsp3) is 0.615. The van der Waals surface area contributed by atoms with Crippen molar-refractivity contribution >= 4 is 11.9 Å². The molecule has 0 radical (unpaired) electrons. The van der Waals surface area contributed by atoms with Crippen molar-refractivity contribution in [3.8, 4) is 0 Å². The molecule has 1 amide bonds. The van der Waals surface area contributed by atoms with Crippen LogP contribution >= 0.6 is 0 Å². The van der Waals surface area contributed by atoms with Gasteiger partial charge in [0, 0.05) is 19.2 Å². The maximum atomic E-state index is 11.4. The molecule has 1 aliphatic heterocycles. The van der Waals surface area contributed by atoms with E-state index in [0.29, 0.717) is 5.69 Å². The van der Waals surface area contributed by atoms with Crippen LogP contribution < -0.4 is 10.5 Å². The fourth-order valence-corrected chi connectivity index (χ4v) is 2.18. The SMILES string of the molecule is CCOC(=O)/N=c1\nc(N2CCCCC2)cc(C)n1O. The van der Waals surface area contributed by atoms with Crippen molar-refractivity contribution in [3.05, 3.63) is 17.4 Å². The molecule has 0 atom stereocenters. The Hall–Kier alpha value is -2.05. The van der Waals surface area contributed by atoms with Gasteiger partial charge in [0.25, 0.3) is 5.62 Å². The van der Waals surface area contributed by atoms with Crippen molar-refractivity contribution in [1.82, 2.24) is 9.71 Å². The molecule has 2 rings (SSSR count). The van der Waals surface area contributed by atoms with E-state index in [1.165, 1.54) is 6.42 Å². The van der Waals surface area contributed by atoms with Crippen LogP contribution in [0.3, 0.4) is 0 Å². The third kappa shape index (κ3) is 3.28. The molecule has 1 N–H and O–H groups in total. The zero-order chi connectivity index (χ0) is 14.5. The predicted octanol–water partition coefficient (Wildman–Crippen LogP) is 1.48. The van der Waals surface area contributed by atoms with Gasteiger partial charge in [0.15, 0.2) is 0 Å². The molecule has 7 nitrogen and oxygen atoms in total. The molecule has 20 heavy (non-hydrogen) atoms. The van der Waals surface area contributed by atoms with E-state index in [4.69, 9.17) is 4.74 Å². The highest BCUT2D eigenvalue weighted by molar-refractivity contribution is 5.67. The first-order valence-electron chi connectivity index (χ1n) is 6.88. The highest BCUT2D eigenvalue weighted by Crippen LogP contribution is 2.16. The monoisotopic (exact) mass is 280 g/mol. The number of carbonyl (C=O) groups excluding carboxylic acids is 1. The molecule has 1 aromatic heterocycles. The van der Waals surface area contributed by atoms with E-state index >= 15 is 0 Å². The smallest absolute Gasteiger partial charge is 0.437 e. The number of nitrogens with zero attached hydrogens (tertiary/aromatic N) is 4. The van der Waals surface area contributed by atoms with Crippen LogP contribution in [0.4, 0.5) is 10.6 Å². The van der Waals surface area contributed by atoms with E-state index in [1.54, 1.807) is 19.9 Å². The van der Waals surface area contributed by atoms with Crippen LogP contribution in [0.25, 0.3) is 0 Å². The van der Waals surface area contributed by atoms with E-state index in [2.05, 4.69) is 14.9 Å². The average molecular weight is 280 g/mol. The summed E-state index contributed by atoms with van der Waals surface area (Å²) in [6.45, 7) is 5.53. The molecule has 1 saturated heterocycles. The first-order valence-corrected chi connectivity index (χ1v) is 6.88. The van der Waals surface area contributed by atoms with Crippen molar-refractivity contribution in [3.63, 3.8) is 0 Å². The van der Waals surface area contributed by atoms with Crippen molar-refractivity contribution in [1.29, 1.82) is 0 Å². The Morgan fingerprint density at radius 2 is 2.15 bits per heavy atom. The second kappa shape index (κ2) is 6.40. The van der Waals surface area contributed by atoms with Crippen molar-refractivity contribution in [2.24, 2.45) is 4.99 Å². The summed E-state index contributed by atoms with van der Waals surface area (Å²) in [5.41, 5.74) is 0.521. The summed E-state index contributed by atoms with van der Waals surface area (Å²) in [4.78, 5) is 21.5. The highest BCUT2D eigenvalue weighted by atomic mass is 16.5. The number of aromatic nitrogens is 2. The number of hydrogen-bond donors (Lipinski definition) is 1. The lowest BCUT2D eigenvalue weighted by Gasteiger charge is -2.27. The van der Waals surface area contributed by atoms with Crippen LogP contribution in [0, 0.1) is 6.92 Å². The Morgan fingerprint density at radius 1 is 1.45 bits per heavy atom. The minimum absolute atomic E-state index is 0.0518. The molecule has 110 valence electrons. The standard InChI is InChI=1S/C13H20N4O3/c1-3-20-13(18)15-12-14-11(9-10(2)17(12)19)16-7-5-4-6-8-16/h9,19H,3-8H2,1-2H3/b15-12+. The van der Waals surface area contributed by atoms with Crippen molar-refractivity contribution < 1.29 is 14.7 Å². The van der Waals surface area contributed by atoms with E-state index in [-0.39, 0.29) is 12.2 Å². The van der Waals surface area contributed by atoms with Gasteiger partial charge in [-0.1, -0.05) is 0 Å². The van der Waals surface area contributed by atoms with Gasteiger partial charge in [-0.2, -0.15) is 9.71 Å². The number of amides is 1. The largest absolute Gasteiger partial charge is 0.448 e. The minimum Gasteiger partial charge on any atom is -0.448 e. The van der Waals surface area contributed by atoms with Gasteiger partial charge in [-0.05, 0) is 33.1 Å². The molecule has 7 heteroatoms. The van der Waals surface area contributed by atoms with Gasteiger partial charge in [0.2, 0.25) is 0 Å². The van der Waals surface area contributed by atoms with E-state index in [1.807, 2.05) is 0 Å². The number of ether oxygens (including phenoxy) is 1. The quantitative estimate of drug-likeness (QED) is 0.830. The van der Waals surface area contributed by atoms with Crippen LogP contribution in [0.15, 0.2) is 11.1 Å². The van der Waals surface area contributed by atoms with E-state index in [9.17, 15) is 10.0 Å². The number of aryl methyl sites for hydroxylation is 1. The molecular weight excluding hydrogens is 260 g/mol. The summed E-state index contributed by atoms with van der Waals surface area (Å²) in [6.07, 6.45) is 2.72. The lowest BCUT2D eigenvalue weighted by Crippen LogP contribution is -2.34. The van der Waals surface area contributed by atoms with Crippen LogP contribution in [0.1, 0.15) is 31.9 Å². The molecule has 0 unspecified atom stereocenters. The number of piperidine rings is 1. The first-order chi connectivity index (χ1) is 9.61. The van der Waals surface area contributed by atoms with Crippen molar-refractivity contribution in [2.75, 3.05) is 24.6 Å². The van der Waals surface area contributed by atoms with Gasteiger partial charge in [0.1, 0.15) is 5.82 Å². The lowest BCUT2D eigenvalue weighted by molar-refractivity contribution is 0.147. The van der Waals surface area contributed by atoms with Gasteiger partial charge in [-0.15, -0.1) is 4.99 Å². The Morgan fingerprint density at radius 3 is 2.80 bits per heavy atom. The third-order valence-corrected chi connectivity index (χ3v) is 3.22. The van der Waals surface area contributed by atoms with E-state index < -0.39 is 6.09 Å². The third-order valence-electron chi connectivity index (χ3n) is 3.22. The summed E-state index contributed by atoms with van der Waals surface area (Å²) in [6, 6.07) is 1.79. The number of anilines is 1. The van der Waals surface area contributed by atoms with Gasteiger partial charge >= 0.3 is 6.09 Å². The van der Waals surface area contributed by atoms with Crippen LogP contribution in [-0.4, -0.2) is 40.7 Å². The molecule has 1 fully saturated rings. The van der Waals surface area contributed by atoms with Gasteiger partial charge in [-0.25, -0.2) is 4.79 Å². The molecule has 0 aliphatic carbocycles. The summed E-state index contributed by atoms with van der Waals surface area (Å²) >= 11 is 0. The van der Waals surface area contributed by atoms with Gasteiger partial charge in [0.05, 0.1) is 12.3 Å². The molecule has 2 heterocycles. The molecule has 1 aliphatic rings. The van der Waals surface area contributed by atoms with Crippen LogP contribution in [0.5, 0.6) is 0 Å². The van der Waals surface area contributed by atoms with E-state index in [0.717, 1.165) is 36.5 Å². The second-order valence-corrected chi connectivity index (χ2v) is 4.73. The predicted molar refractivity (Wildman–Crippen MR) is 72.8 cm³/mol. The molecule has 0 spiro atoms. The first kappa shape index (κ1) is 14.4. The van der Waals surface area contributed by atoms with Crippen LogP contribution in [0.2, 0.25) is 0 Å². The zero-order valence-corrected chi connectivity index (χ0v) is 11.9. The molecular formula is C13H20N4O3. The maximum absolute atomic E-state index is 11.4. The Balaban J connectivity index is 2.36. The second-order valence-electron chi connectivity index (χ2n) is 4.73. The molecule has 1 aromatic rings. The highest BCUT2D eigenvalue weighted by Gasteiger charge is 2.14. The molecule has 0 saturated carbocycles. The summed E-state index contributed by atoms with van der Waals surface area (Å²) in [5.74, 6) is 0.732. The van der Waals surface area contributed by atoms with Crippen LogP contribution in [-0.2, 0) is 4.74 Å². The van der Waals surface area contributed by atoms with Gasteiger partial charge < -0.3 is 14.8 Å². The Bertz CT molecular complexity index is 547. The normalized spacial score (nSPS) is 16.3. The fourth-order valence-electron chi connectivity index (χ4n) is 2.18. The topological polar surface area (TPSA) is 80.0 Å². The number of rotatable bonds is 2. The Kier molecular flexibility index (Phi) is 4.60. The number of hydrogen-bond acceptors (Lipinski definition) is 5. The minimum atomic E-state index is -0.752. The van der Waals surface area contributed by atoms with Crippen molar-refractivity contribution in [2.45, 2.75) is 33.1 Å². The number of carbonyl (C=O) groups is 1. The molecule has 0 aromatic carbocycles. The average Bonchev–Trinajstić information content (AvgIpc) is 2.45. The summed E-state index contributed by atoms with van der Waals surface area (Å²) < 4.78 is 5.54. The Labute approximate surface area is 117 Å². The maximum Gasteiger partial charge on any atom is 0.437 e. The molecule has 0 bridgehead atoms. The van der Waals surface area contributed by atoms with Gasteiger partial charge in [-0.3, -0.25) is 0 Å². The lowest BCUT2D eigenvalue weighted by atomic mass is 10.1. The summed E-state index contributed by atoms with van der Waals surface area (Å²) in [7, 11) is 0. The summed E-state index contributed by atoms with van der Waals surface area (Å²) in [5, 5.41) is 9.87. The zero-order valence-electron chi connectivity index (χ0n) is 11.9.